The predicted octanol–water partition coefficient (Wildman–Crippen LogP) is 2.95. The van der Waals surface area contributed by atoms with Crippen LogP contribution in [0, 0.1) is 0 Å². The molecule has 0 amide bonds. The lowest BCUT2D eigenvalue weighted by Crippen LogP contribution is -2.29. The number of ether oxygens (including phenoxy) is 3. The highest BCUT2D eigenvalue weighted by atomic mass is 79.9. The van der Waals surface area contributed by atoms with E-state index in [4.69, 9.17) is 14.2 Å². The van der Waals surface area contributed by atoms with Crippen LogP contribution in [-0.4, -0.2) is 33.7 Å². The van der Waals surface area contributed by atoms with Crippen LogP contribution in [0.5, 0.6) is 5.75 Å². The maximum Gasteiger partial charge on any atom is 0.169 e. The molecule has 19 heavy (non-hydrogen) atoms. The minimum Gasteiger partial charge on any atom is -0.493 e. The molecule has 0 spiro atoms. The maximum atomic E-state index is 5.73. The van der Waals surface area contributed by atoms with Crippen molar-refractivity contribution in [3.63, 3.8) is 0 Å². The SMILES string of the molecule is CCCOc1ccc(Br)cc1CNCC(OC)OC. The highest BCUT2D eigenvalue weighted by Gasteiger charge is 2.07. The maximum absolute atomic E-state index is 5.73. The fourth-order valence-corrected chi connectivity index (χ4v) is 2.04. The van der Waals surface area contributed by atoms with Crippen molar-refractivity contribution in [1.82, 2.24) is 5.32 Å². The Morgan fingerprint density at radius 2 is 2.00 bits per heavy atom. The molecule has 0 radical (unpaired) electrons. The van der Waals surface area contributed by atoms with Gasteiger partial charge in [-0.25, -0.2) is 0 Å². The summed E-state index contributed by atoms with van der Waals surface area (Å²) in [5, 5.41) is 3.30. The number of halogens is 1. The van der Waals surface area contributed by atoms with Crippen LogP contribution in [0.3, 0.4) is 0 Å². The third-order valence-electron chi connectivity index (χ3n) is 2.64. The first kappa shape index (κ1) is 16.4. The lowest BCUT2D eigenvalue weighted by atomic mass is 10.2. The van der Waals surface area contributed by atoms with Gasteiger partial charge in [0.2, 0.25) is 0 Å². The average molecular weight is 332 g/mol. The van der Waals surface area contributed by atoms with Gasteiger partial charge in [-0.15, -0.1) is 0 Å². The van der Waals surface area contributed by atoms with Crippen molar-refractivity contribution in [3.8, 4) is 5.75 Å². The lowest BCUT2D eigenvalue weighted by molar-refractivity contribution is -0.0989. The zero-order valence-electron chi connectivity index (χ0n) is 11.7. The van der Waals surface area contributed by atoms with E-state index in [1.807, 2.05) is 12.1 Å². The standard InChI is InChI=1S/C14H22BrNO3/c1-4-7-19-13-6-5-12(15)8-11(13)9-16-10-14(17-2)18-3/h5-6,8,14,16H,4,7,9-10H2,1-3H3. The molecule has 0 unspecified atom stereocenters. The van der Waals surface area contributed by atoms with Gasteiger partial charge in [0, 0.05) is 37.3 Å². The number of benzene rings is 1. The summed E-state index contributed by atoms with van der Waals surface area (Å²) in [6.45, 7) is 4.17. The Labute approximate surface area is 123 Å². The smallest absolute Gasteiger partial charge is 0.169 e. The molecule has 4 nitrogen and oxygen atoms in total. The lowest BCUT2D eigenvalue weighted by Gasteiger charge is -2.16. The molecule has 0 aromatic heterocycles. The van der Waals surface area contributed by atoms with Crippen LogP contribution in [-0.2, 0) is 16.0 Å². The molecule has 0 atom stereocenters. The number of hydrogen-bond donors (Lipinski definition) is 1. The molecule has 5 heteroatoms. The zero-order valence-corrected chi connectivity index (χ0v) is 13.3. The van der Waals surface area contributed by atoms with Crippen LogP contribution in [0.4, 0.5) is 0 Å². The summed E-state index contributed by atoms with van der Waals surface area (Å²) in [7, 11) is 3.26. The Bertz CT molecular complexity index is 370. The molecule has 0 heterocycles. The van der Waals surface area contributed by atoms with E-state index in [1.54, 1.807) is 14.2 Å². The van der Waals surface area contributed by atoms with E-state index in [2.05, 4.69) is 34.2 Å². The molecule has 0 saturated heterocycles. The Morgan fingerprint density at radius 3 is 2.63 bits per heavy atom. The van der Waals surface area contributed by atoms with Gasteiger partial charge >= 0.3 is 0 Å². The van der Waals surface area contributed by atoms with Gasteiger partial charge in [-0.3, -0.25) is 0 Å². The highest BCUT2D eigenvalue weighted by molar-refractivity contribution is 9.10. The van der Waals surface area contributed by atoms with Crippen LogP contribution in [0.1, 0.15) is 18.9 Å². The fraction of sp³-hybridized carbons (Fsp3) is 0.571. The zero-order chi connectivity index (χ0) is 14.1. The summed E-state index contributed by atoms with van der Waals surface area (Å²) >= 11 is 3.48. The number of nitrogens with one attached hydrogen (secondary N) is 1. The quantitative estimate of drug-likeness (QED) is 0.706. The summed E-state index contributed by atoms with van der Waals surface area (Å²) in [4.78, 5) is 0. The van der Waals surface area contributed by atoms with Crippen molar-refractivity contribution >= 4 is 15.9 Å². The molecule has 0 aliphatic carbocycles. The van der Waals surface area contributed by atoms with Crippen molar-refractivity contribution in [2.24, 2.45) is 0 Å². The molecule has 0 aliphatic rings. The third kappa shape index (κ3) is 5.91. The normalized spacial score (nSPS) is 11.0. The molecule has 1 aromatic rings. The summed E-state index contributed by atoms with van der Waals surface area (Å²) in [5.41, 5.74) is 1.12. The van der Waals surface area contributed by atoms with Crippen LogP contribution < -0.4 is 10.1 Å². The largest absolute Gasteiger partial charge is 0.493 e. The molecule has 0 fully saturated rings. The Hall–Kier alpha value is -0.620. The topological polar surface area (TPSA) is 39.7 Å². The number of rotatable bonds is 9. The molecular formula is C14H22BrNO3. The molecule has 0 saturated carbocycles. The first-order valence-corrected chi connectivity index (χ1v) is 7.18. The first-order chi connectivity index (χ1) is 9.21. The first-order valence-electron chi connectivity index (χ1n) is 6.38. The minimum atomic E-state index is -0.229. The van der Waals surface area contributed by atoms with Crippen molar-refractivity contribution in [2.45, 2.75) is 26.2 Å². The number of hydrogen-bond acceptors (Lipinski definition) is 4. The van der Waals surface area contributed by atoms with E-state index in [0.29, 0.717) is 13.1 Å². The van der Waals surface area contributed by atoms with Gasteiger partial charge in [0.05, 0.1) is 6.61 Å². The van der Waals surface area contributed by atoms with E-state index in [9.17, 15) is 0 Å². The molecule has 0 aliphatic heterocycles. The van der Waals surface area contributed by atoms with E-state index in [-0.39, 0.29) is 6.29 Å². The van der Waals surface area contributed by atoms with Crippen LogP contribution in [0.15, 0.2) is 22.7 Å². The van der Waals surface area contributed by atoms with E-state index >= 15 is 0 Å². The van der Waals surface area contributed by atoms with Crippen LogP contribution >= 0.6 is 15.9 Å². The summed E-state index contributed by atoms with van der Waals surface area (Å²) in [5.74, 6) is 0.920. The van der Waals surface area contributed by atoms with Gasteiger partial charge in [-0.2, -0.15) is 0 Å². The van der Waals surface area contributed by atoms with Crippen molar-refractivity contribution in [2.75, 3.05) is 27.4 Å². The van der Waals surface area contributed by atoms with E-state index in [1.165, 1.54) is 0 Å². The van der Waals surface area contributed by atoms with Crippen molar-refractivity contribution in [3.05, 3.63) is 28.2 Å². The molecule has 1 rings (SSSR count). The Kier molecular flexibility index (Phi) is 8.05. The minimum absolute atomic E-state index is 0.229. The summed E-state index contributed by atoms with van der Waals surface area (Å²) < 4.78 is 17.0. The van der Waals surface area contributed by atoms with E-state index < -0.39 is 0 Å². The molecule has 0 bridgehead atoms. The second-order valence-electron chi connectivity index (χ2n) is 4.13. The second-order valence-corrected chi connectivity index (χ2v) is 5.05. The van der Waals surface area contributed by atoms with Gasteiger partial charge < -0.3 is 19.5 Å². The number of methoxy groups -OCH3 is 2. The van der Waals surface area contributed by atoms with Gasteiger partial charge in [0.25, 0.3) is 0 Å². The predicted molar refractivity (Wildman–Crippen MR) is 79.4 cm³/mol. The van der Waals surface area contributed by atoms with Gasteiger partial charge in [-0.1, -0.05) is 22.9 Å². The van der Waals surface area contributed by atoms with E-state index in [0.717, 1.165) is 28.8 Å². The second kappa shape index (κ2) is 9.31. The summed E-state index contributed by atoms with van der Waals surface area (Å²) in [6.07, 6.45) is 0.769. The average Bonchev–Trinajstić information content (AvgIpc) is 2.42. The third-order valence-corrected chi connectivity index (χ3v) is 3.13. The van der Waals surface area contributed by atoms with Crippen molar-refractivity contribution in [1.29, 1.82) is 0 Å². The monoisotopic (exact) mass is 331 g/mol. The molecule has 1 aromatic carbocycles. The molecular weight excluding hydrogens is 310 g/mol. The molecule has 1 N–H and O–H groups in total. The van der Waals surface area contributed by atoms with Crippen molar-refractivity contribution < 1.29 is 14.2 Å². The summed E-state index contributed by atoms with van der Waals surface area (Å²) in [6, 6.07) is 6.04. The van der Waals surface area contributed by atoms with Crippen LogP contribution in [0.25, 0.3) is 0 Å². The fourth-order valence-electron chi connectivity index (χ4n) is 1.63. The Morgan fingerprint density at radius 1 is 1.26 bits per heavy atom. The van der Waals surface area contributed by atoms with Gasteiger partial charge in [0.1, 0.15) is 5.75 Å². The molecule has 108 valence electrons. The van der Waals surface area contributed by atoms with Gasteiger partial charge in [0.15, 0.2) is 6.29 Å². The highest BCUT2D eigenvalue weighted by Crippen LogP contribution is 2.23. The van der Waals surface area contributed by atoms with Gasteiger partial charge in [-0.05, 0) is 24.6 Å². The Balaban J connectivity index is 2.57. The van der Waals surface area contributed by atoms with Crippen LogP contribution in [0.2, 0.25) is 0 Å².